The number of hydrogen-bond acceptors (Lipinski definition) is 4. The second kappa shape index (κ2) is 5.48. The van der Waals surface area contributed by atoms with Crippen molar-refractivity contribution >= 4 is 27.8 Å². The number of rotatable bonds is 4. The van der Waals surface area contributed by atoms with Crippen LogP contribution < -0.4 is 4.72 Å². The third-order valence-corrected chi connectivity index (χ3v) is 5.41. The number of sulfonamides is 1. The average Bonchev–Trinajstić information content (AvgIpc) is 2.80. The molecule has 0 spiro atoms. The van der Waals surface area contributed by atoms with Crippen LogP contribution in [0.2, 0.25) is 0 Å². The number of carboxylic acid groups (broad SMARTS) is 1. The number of thioether (sulfide) groups is 1. The highest BCUT2D eigenvalue weighted by Gasteiger charge is 2.24. The third-order valence-electron chi connectivity index (χ3n) is 2.73. The van der Waals surface area contributed by atoms with Crippen LogP contribution in [-0.2, 0) is 10.0 Å². The Hall–Kier alpha value is -1.12. The van der Waals surface area contributed by atoms with E-state index in [2.05, 4.69) is 4.72 Å². The van der Waals surface area contributed by atoms with Crippen molar-refractivity contribution in [2.24, 2.45) is 0 Å². The largest absolute Gasteiger partial charge is 0.478 e. The van der Waals surface area contributed by atoms with Gasteiger partial charge in [-0.25, -0.2) is 22.3 Å². The molecule has 1 atom stereocenters. The zero-order chi connectivity index (χ0) is 14.0. The van der Waals surface area contributed by atoms with Gasteiger partial charge in [-0.05, 0) is 30.4 Å². The van der Waals surface area contributed by atoms with Crippen LogP contribution in [0.25, 0.3) is 0 Å². The zero-order valence-electron chi connectivity index (χ0n) is 9.80. The van der Waals surface area contributed by atoms with Crippen LogP contribution >= 0.6 is 11.8 Å². The Labute approximate surface area is 114 Å². The monoisotopic (exact) mass is 305 g/mol. The molecule has 1 aromatic carbocycles. The van der Waals surface area contributed by atoms with Gasteiger partial charge in [0.1, 0.15) is 5.82 Å². The molecule has 5 nitrogen and oxygen atoms in total. The van der Waals surface area contributed by atoms with E-state index in [1.807, 2.05) is 0 Å². The molecule has 2 N–H and O–H groups in total. The smallest absolute Gasteiger partial charge is 0.338 e. The van der Waals surface area contributed by atoms with E-state index in [-0.39, 0.29) is 10.9 Å². The SMILES string of the molecule is O=C(O)c1cc(S(=O)(=O)NC2CCSC2)ccc1F. The van der Waals surface area contributed by atoms with Gasteiger partial charge in [-0.3, -0.25) is 0 Å². The fourth-order valence-electron chi connectivity index (χ4n) is 1.75. The van der Waals surface area contributed by atoms with E-state index in [0.29, 0.717) is 5.75 Å². The van der Waals surface area contributed by atoms with E-state index in [0.717, 1.165) is 30.4 Å². The predicted octanol–water partition coefficient (Wildman–Crippen LogP) is 1.31. The molecule has 1 fully saturated rings. The number of hydrogen-bond donors (Lipinski definition) is 2. The highest BCUT2D eigenvalue weighted by atomic mass is 32.2. The van der Waals surface area contributed by atoms with Crippen LogP contribution in [0.15, 0.2) is 23.1 Å². The van der Waals surface area contributed by atoms with Crippen LogP contribution in [0, 0.1) is 5.82 Å². The van der Waals surface area contributed by atoms with E-state index in [9.17, 15) is 17.6 Å². The molecule has 104 valence electrons. The van der Waals surface area contributed by atoms with Gasteiger partial charge in [0.25, 0.3) is 0 Å². The van der Waals surface area contributed by atoms with Crippen molar-refractivity contribution in [2.75, 3.05) is 11.5 Å². The summed E-state index contributed by atoms with van der Waals surface area (Å²) in [6.45, 7) is 0. The summed E-state index contributed by atoms with van der Waals surface area (Å²) in [7, 11) is -3.81. The molecule has 1 aromatic rings. The molecule has 8 heteroatoms. The topological polar surface area (TPSA) is 83.5 Å². The van der Waals surface area contributed by atoms with Crippen LogP contribution in [0.4, 0.5) is 4.39 Å². The number of benzene rings is 1. The van der Waals surface area contributed by atoms with Gasteiger partial charge in [0.05, 0.1) is 10.5 Å². The Morgan fingerprint density at radius 1 is 1.47 bits per heavy atom. The molecular formula is C11H12FNO4S2. The summed E-state index contributed by atoms with van der Waals surface area (Å²) in [6.07, 6.45) is 0.733. The van der Waals surface area contributed by atoms with Crippen molar-refractivity contribution in [3.05, 3.63) is 29.6 Å². The first-order valence-electron chi connectivity index (χ1n) is 5.53. The first-order chi connectivity index (χ1) is 8.90. The zero-order valence-corrected chi connectivity index (χ0v) is 11.4. The summed E-state index contributed by atoms with van der Waals surface area (Å²) in [5, 5.41) is 8.78. The van der Waals surface area contributed by atoms with Gasteiger partial charge >= 0.3 is 5.97 Å². The van der Waals surface area contributed by atoms with Gasteiger partial charge < -0.3 is 5.11 Å². The summed E-state index contributed by atoms with van der Waals surface area (Å²) in [4.78, 5) is 10.6. The minimum Gasteiger partial charge on any atom is -0.478 e. The first-order valence-corrected chi connectivity index (χ1v) is 8.17. The molecule has 1 saturated heterocycles. The van der Waals surface area contributed by atoms with Crippen molar-refractivity contribution in [3.8, 4) is 0 Å². The third kappa shape index (κ3) is 3.26. The fraction of sp³-hybridized carbons (Fsp3) is 0.364. The quantitative estimate of drug-likeness (QED) is 0.876. The molecule has 0 aromatic heterocycles. The van der Waals surface area contributed by atoms with Gasteiger partial charge in [-0.2, -0.15) is 11.8 Å². The van der Waals surface area contributed by atoms with Crippen molar-refractivity contribution < 1.29 is 22.7 Å². The summed E-state index contributed by atoms with van der Waals surface area (Å²) >= 11 is 1.65. The molecule has 19 heavy (non-hydrogen) atoms. The Kier molecular flexibility index (Phi) is 4.12. The van der Waals surface area contributed by atoms with Crippen molar-refractivity contribution in [2.45, 2.75) is 17.4 Å². The molecule has 1 unspecified atom stereocenters. The lowest BCUT2D eigenvalue weighted by Gasteiger charge is -2.12. The van der Waals surface area contributed by atoms with Crippen molar-refractivity contribution in [1.82, 2.24) is 4.72 Å². The summed E-state index contributed by atoms with van der Waals surface area (Å²) in [5.74, 6) is -0.878. The maximum Gasteiger partial charge on any atom is 0.338 e. The Bertz CT molecular complexity index is 597. The maximum atomic E-state index is 13.2. The lowest BCUT2D eigenvalue weighted by atomic mass is 10.2. The van der Waals surface area contributed by atoms with Gasteiger partial charge in [0, 0.05) is 11.8 Å². The Morgan fingerprint density at radius 3 is 2.79 bits per heavy atom. The minimum atomic E-state index is -3.81. The maximum absolute atomic E-state index is 13.2. The molecule has 1 heterocycles. The standard InChI is InChI=1S/C11H12FNO4S2/c12-10-2-1-8(5-9(10)11(14)15)19(16,17)13-7-3-4-18-6-7/h1-2,5,7,13H,3-4,6H2,(H,14,15). The highest BCUT2D eigenvalue weighted by Crippen LogP contribution is 2.20. The second-order valence-corrected chi connectivity index (χ2v) is 6.99. The average molecular weight is 305 g/mol. The summed E-state index contributed by atoms with van der Waals surface area (Å²) in [5.41, 5.74) is -0.649. The van der Waals surface area contributed by atoms with Gasteiger partial charge in [-0.15, -0.1) is 0 Å². The number of halogens is 1. The molecule has 1 aliphatic heterocycles. The molecule has 0 aliphatic carbocycles. The normalized spacial score (nSPS) is 19.5. The predicted molar refractivity (Wildman–Crippen MR) is 69.4 cm³/mol. The second-order valence-electron chi connectivity index (χ2n) is 4.13. The van der Waals surface area contributed by atoms with Crippen molar-refractivity contribution in [3.63, 3.8) is 0 Å². The number of aromatic carboxylic acids is 1. The summed E-state index contributed by atoms with van der Waals surface area (Å²) in [6, 6.07) is 2.59. The van der Waals surface area contributed by atoms with Crippen LogP contribution in [0.1, 0.15) is 16.8 Å². The molecule has 1 aliphatic rings. The fourth-order valence-corrected chi connectivity index (χ4v) is 4.30. The minimum absolute atomic E-state index is 0.159. The van der Waals surface area contributed by atoms with Crippen LogP contribution in [0.3, 0.4) is 0 Å². The van der Waals surface area contributed by atoms with E-state index >= 15 is 0 Å². The number of carbonyl (C=O) groups is 1. The number of nitrogens with one attached hydrogen (secondary N) is 1. The molecule has 0 radical (unpaired) electrons. The molecule has 0 saturated carbocycles. The molecular weight excluding hydrogens is 293 g/mol. The van der Waals surface area contributed by atoms with E-state index in [1.165, 1.54) is 0 Å². The molecule has 0 bridgehead atoms. The van der Waals surface area contributed by atoms with Gasteiger partial charge in [-0.1, -0.05) is 0 Å². The van der Waals surface area contributed by atoms with Crippen molar-refractivity contribution in [1.29, 1.82) is 0 Å². The lowest BCUT2D eigenvalue weighted by Crippen LogP contribution is -2.34. The number of carboxylic acids is 1. The lowest BCUT2D eigenvalue weighted by molar-refractivity contribution is 0.0691. The molecule has 2 rings (SSSR count). The first kappa shape index (κ1) is 14.3. The Morgan fingerprint density at radius 2 is 2.21 bits per heavy atom. The van der Waals surface area contributed by atoms with E-state index < -0.39 is 27.4 Å². The van der Waals surface area contributed by atoms with E-state index in [4.69, 9.17) is 5.11 Å². The van der Waals surface area contributed by atoms with Crippen LogP contribution in [-0.4, -0.2) is 37.0 Å². The Balaban J connectivity index is 2.29. The summed E-state index contributed by atoms with van der Waals surface area (Å²) < 4.78 is 39.8. The van der Waals surface area contributed by atoms with Crippen LogP contribution in [0.5, 0.6) is 0 Å². The van der Waals surface area contributed by atoms with Gasteiger partial charge in [0.2, 0.25) is 10.0 Å². The van der Waals surface area contributed by atoms with E-state index in [1.54, 1.807) is 11.8 Å². The highest BCUT2D eigenvalue weighted by molar-refractivity contribution is 7.99. The van der Waals surface area contributed by atoms with Gasteiger partial charge in [0.15, 0.2) is 0 Å². The molecule has 0 amide bonds.